The topological polar surface area (TPSA) is 29.5 Å². The fourth-order valence-corrected chi connectivity index (χ4v) is 4.19. The van der Waals surface area contributed by atoms with E-state index in [1.807, 2.05) is 35.2 Å². The average molecular weight is 394 g/mol. The van der Waals surface area contributed by atoms with Crippen LogP contribution < -0.4 is 0 Å². The Bertz CT molecular complexity index is 696. The van der Waals surface area contributed by atoms with Crippen LogP contribution in [0.2, 0.25) is 0 Å². The van der Waals surface area contributed by atoms with E-state index in [0.29, 0.717) is 19.7 Å². The number of nitrogens with zero attached hydrogens (tertiary/aromatic N) is 1. The van der Waals surface area contributed by atoms with Crippen molar-refractivity contribution in [2.45, 2.75) is 26.4 Å². The molecule has 0 spiro atoms. The maximum Gasteiger partial charge on any atom is 0.264 e. The highest BCUT2D eigenvalue weighted by Crippen LogP contribution is 2.27. The molecule has 0 saturated carbocycles. The number of aryl methyl sites for hydroxylation is 2. The lowest BCUT2D eigenvalue weighted by molar-refractivity contribution is -0.0226. The Kier molecular flexibility index (Phi) is 5.19. The van der Waals surface area contributed by atoms with Crippen molar-refractivity contribution in [1.82, 2.24) is 4.90 Å². The summed E-state index contributed by atoms with van der Waals surface area (Å²) in [4.78, 5) is 16.8. The third-order valence-electron chi connectivity index (χ3n) is 4.15. The number of hydrogen-bond acceptors (Lipinski definition) is 3. The Morgan fingerprint density at radius 3 is 2.78 bits per heavy atom. The maximum atomic E-state index is 12.8. The van der Waals surface area contributed by atoms with E-state index in [-0.39, 0.29) is 12.0 Å². The van der Waals surface area contributed by atoms with E-state index in [2.05, 4.69) is 29.8 Å². The van der Waals surface area contributed by atoms with Gasteiger partial charge in [-0.2, -0.15) is 0 Å². The summed E-state index contributed by atoms with van der Waals surface area (Å²) in [6.45, 7) is 6.06. The van der Waals surface area contributed by atoms with Crippen molar-refractivity contribution in [1.29, 1.82) is 0 Å². The molecule has 1 fully saturated rings. The summed E-state index contributed by atoms with van der Waals surface area (Å²) in [5.74, 6) is 0.128. The van der Waals surface area contributed by atoms with Gasteiger partial charge in [-0.05, 0) is 42.7 Å². The zero-order chi connectivity index (χ0) is 16.4. The van der Waals surface area contributed by atoms with Gasteiger partial charge in [0.1, 0.15) is 6.10 Å². The van der Waals surface area contributed by atoms with Gasteiger partial charge < -0.3 is 9.64 Å². The van der Waals surface area contributed by atoms with Crippen LogP contribution in [-0.4, -0.2) is 30.5 Å². The van der Waals surface area contributed by atoms with Crippen LogP contribution in [0.1, 0.15) is 38.7 Å². The fourth-order valence-electron chi connectivity index (χ4n) is 2.84. The van der Waals surface area contributed by atoms with Gasteiger partial charge in [-0.25, -0.2) is 0 Å². The Morgan fingerprint density at radius 2 is 2.13 bits per heavy atom. The van der Waals surface area contributed by atoms with Crippen molar-refractivity contribution >= 4 is 33.2 Å². The lowest BCUT2D eigenvalue weighted by Crippen LogP contribution is -2.42. The van der Waals surface area contributed by atoms with Gasteiger partial charge in [-0.3, -0.25) is 4.79 Å². The molecule has 0 aliphatic carbocycles. The summed E-state index contributed by atoms with van der Waals surface area (Å²) >= 11 is 5.07. The highest BCUT2D eigenvalue weighted by atomic mass is 79.9. The van der Waals surface area contributed by atoms with Crippen LogP contribution in [0, 0.1) is 6.92 Å². The number of ether oxygens (including phenoxy) is 1. The molecular formula is C18H20BrNO2S. The number of rotatable bonds is 3. The summed E-state index contributed by atoms with van der Waals surface area (Å²) < 4.78 is 6.91. The number of halogens is 1. The molecule has 1 saturated heterocycles. The molecule has 0 N–H and O–H groups in total. The molecule has 1 aliphatic rings. The Hall–Kier alpha value is -1.17. The molecule has 5 heteroatoms. The van der Waals surface area contributed by atoms with Crippen LogP contribution in [-0.2, 0) is 11.2 Å². The molecule has 3 rings (SSSR count). The molecule has 1 aromatic heterocycles. The van der Waals surface area contributed by atoms with Crippen molar-refractivity contribution in [3.63, 3.8) is 0 Å². The third kappa shape index (κ3) is 3.67. The SMILES string of the molecule is CCc1sc(C(=O)N2CCO[C@H](c3ccc(Br)cc3)C2)cc1C. The molecule has 0 bridgehead atoms. The van der Waals surface area contributed by atoms with Crippen LogP contribution in [0.4, 0.5) is 0 Å². The molecule has 122 valence electrons. The third-order valence-corrected chi connectivity index (χ3v) is 6.05. The standard InChI is InChI=1S/C18H20BrNO2S/c1-3-16-12(2)10-17(23-16)18(21)20-8-9-22-15(11-20)13-4-6-14(19)7-5-13/h4-7,10,15H,3,8-9,11H2,1-2H3/t15-/m0/s1. The Labute approximate surface area is 149 Å². The van der Waals surface area contributed by atoms with Gasteiger partial charge in [0, 0.05) is 15.9 Å². The molecular weight excluding hydrogens is 374 g/mol. The van der Waals surface area contributed by atoms with E-state index in [0.717, 1.165) is 21.3 Å². The fraction of sp³-hybridized carbons (Fsp3) is 0.389. The molecule has 23 heavy (non-hydrogen) atoms. The quantitative estimate of drug-likeness (QED) is 0.762. The van der Waals surface area contributed by atoms with Gasteiger partial charge in [0.2, 0.25) is 0 Å². The van der Waals surface area contributed by atoms with E-state index in [1.54, 1.807) is 11.3 Å². The molecule has 2 aromatic rings. The Morgan fingerprint density at radius 1 is 1.39 bits per heavy atom. The van der Waals surface area contributed by atoms with Gasteiger partial charge >= 0.3 is 0 Å². The van der Waals surface area contributed by atoms with E-state index < -0.39 is 0 Å². The molecule has 1 aliphatic heterocycles. The zero-order valence-electron chi connectivity index (χ0n) is 13.3. The van der Waals surface area contributed by atoms with Crippen LogP contribution >= 0.6 is 27.3 Å². The lowest BCUT2D eigenvalue weighted by atomic mass is 10.1. The number of carbonyl (C=O) groups is 1. The Balaban J connectivity index is 1.74. The molecule has 3 nitrogen and oxygen atoms in total. The first-order chi connectivity index (χ1) is 11.1. The monoisotopic (exact) mass is 393 g/mol. The number of carbonyl (C=O) groups excluding carboxylic acids is 1. The second-order valence-corrected chi connectivity index (χ2v) is 7.78. The van der Waals surface area contributed by atoms with Gasteiger partial charge in [0.15, 0.2) is 0 Å². The van der Waals surface area contributed by atoms with E-state index in [9.17, 15) is 4.79 Å². The molecule has 1 aromatic carbocycles. The summed E-state index contributed by atoms with van der Waals surface area (Å²) in [7, 11) is 0. The van der Waals surface area contributed by atoms with Gasteiger partial charge in [-0.1, -0.05) is 35.0 Å². The van der Waals surface area contributed by atoms with Crippen molar-refractivity contribution in [3.8, 4) is 0 Å². The summed E-state index contributed by atoms with van der Waals surface area (Å²) in [5.41, 5.74) is 2.33. The first kappa shape index (κ1) is 16.7. The average Bonchev–Trinajstić information content (AvgIpc) is 2.96. The summed E-state index contributed by atoms with van der Waals surface area (Å²) in [6, 6.07) is 10.1. The summed E-state index contributed by atoms with van der Waals surface area (Å²) in [5, 5.41) is 0. The number of benzene rings is 1. The number of hydrogen-bond donors (Lipinski definition) is 0. The number of morpholine rings is 1. The van der Waals surface area contributed by atoms with Gasteiger partial charge in [0.25, 0.3) is 5.91 Å². The van der Waals surface area contributed by atoms with E-state index in [1.165, 1.54) is 10.4 Å². The molecule has 1 atom stereocenters. The van der Waals surface area contributed by atoms with Crippen LogP contribution in [0.3, 0.4) is 0 Å². The van der Waals surface area contributed by atoms with Crippen LogP contribution in [0.15, 0.2) is 34.8 Å². The second kappa shape index (κ2) is 7.16. The predicted molar refractivity (Wildman–Crippen MR) is 97.2 cm³/mol. The van der Waals surface area contributed by atoms with Gasteiger partial charge in [-0.15, -0.1) is 11.3 Å². The van der Waals surface area contributed by atoms with Gasteiger partial charge in [0.05, 0.1) is 18.0 Å². The molecule has 1 amide bonds. The predicted octanol–water partition coefficient (Wildman–Crippen LogP) is 4.60. The van der Waals surface area contributed by atoms with Crippen LogP contribution in [0.25, 0.3) is 0 Å². The maximum absolute atomic E-state index is 12.8. The minimum atomic E-state index is -0.0486. The molecule has 0 unspecified atom stereocenters. The van der Waals surface area contributed by atoms with Crippen molar-refractivity contribution in [2.24, 2.45) is 0 Å². The number of thiophene rings is 1. The van der Waals surface area contributed by atoms with Crippen molar-refractivity contribution in [2.75, 3.05) is 19.7 Å². The van der Waals surface area contributed by atoms with E-state index >= 15 is 0 Å². The first-order valence-corrected chi connectivity index (χ1v) is 9.45. The number of amides is 1. The summed E-state index contributed by atoms with van der Waals surface area (Å²) in [6.07, 6.45) is 0.932. The first-order valence-electron chi connectivity index (χ1n) is 7.84. The van der Waals surface area contributed by atoms with E-state index in [4.69, 9.17) is 4.74 Å². The van der Waals surface area contributed by atoms with Crippen LogP contribution in [0.5, 0.6) is 0 Å². The zero-order valence-corrected chi connectivity index (χ0v) is 15.7. The second-order valence-electron chi connectivity index (χ2n) is 5.73. The largest absolute Gasteiger partial charge is 0.370 e. The highest BCUT2D eigenvalue weighted by molar-refractivity contribution is 9.10. The van der Waals surface area contributed by atoms with Crippen molar-refractivity contribution < 1.29 is 9.53 Å². The highest BCUT2D eigenvalue weighted by Gasteiger charge is 2.27. The molecule has 2 heterocycles. The lowest BCUT2D eigenvalue weighted by Gasteiger charge is -2.33. The normalized spacial score (nSPS) is 18.2. The molecule has 0 radical (unpaired) electrons. The minimum absolute atomic E-state index is 0.0486. The smallest absolute Gasteiger partial charge is 0.264 e. The minimum Gasteiger partial charge on any atom is -0.370 e. The van der Waals surface area contributed by atoms with Crippen molar-refractivity contribution in [3.05, 3.63) is 55.7 Å².